The number of ether oxygens (including phenoxy) is 1. The zero-order chi connectivity index (χ0) is 9.52. The number of hydrogen-bond donors (Lipinski definition) is 1. The number of rotatable bonds is 4. The molecule has 3 heteroatoms. The van der Waals surface area contributed by atoms with Crippen LogP contribution in [0.3, 0.4) is 0 Å². The van der Waals surface area contributed by atoms with E-state index in [1.54, 1.807) is 7.05 Å². The minimum Gasteiger partial charge on any atom is -0.375 e. The molecule has 0 heterocycles. The summed E-state index contributed by atoms with van der Waals surface area (Å²) in [6.45, 7) is 0.525. The van der Waals surface area contributed by atoms with Crippen LogP contribution in [-0.4, -0.2) is 25.8 Å². The van der Waals surface area contributed by atoms with Gasteiger partial charge in [-0.1, -0.05) is 19.3 Å². The lowest BCUT2D eigenvalue weighted by molar-refractivity contribution is 0.0235. The highest BCUT2D eigenvalue weighted by Gasteiger charge is 2.15. The second-order valence-electron chi connectivity index (χ2n) is 3.56. The number of nitrogens with one attached hydrogen (secondary N) is 1. The van der Waals surface area contributed by atoms with Crippen LogP contribution in [0.2, 0.25) is 0 Å². The lowest BCUT2D eigenvalue weighted by atomic mass is 9.98. The Balaban J connectivity index is 2.13. The standard InChI is InChI=1S/C10H18N2O/c1-12-9(7-11)8-13-10-5-3-2-4-6-10/h9-10,12H,2-6,8H2,1H3. The summed E-state index contributed by atoms with van der Waals surface area (Å²) in [5, 5.41) is 11.6. The molecule has 0 aromatic rings. The molecular weight excluding hydrogens is 164 g/mol. The summed E-state index contributed by atoms with van der Waals surface area (Å²) in [7, 11) is 1.79. The largest absolute Gasteiger partial charge is 0.375 e. The van der Waals surface area contributed by atoms with Crippen LogP contribution in [0.4, 0.5) is 0 Å². The first kappa shape index (κ1) is 10.5. The Morgan fingerprint density at radius 2 is 2.15 bits per heavy atom. The molecule has 1 aliphatic carbocycles. The van der Waals surface area contributed by atoms with Crippen LogP contribution in [0.1, 0.15) is 32.1 Å². The lowest BCUT2D eigenvalue weighted by Crippen LogP contribution is -2.31. The molecule has 0 bridgehead atoms. The molecule has 1 aliphatic rings. The van der Waals surface area contributed by atoms with Crippen molar-refractivity contribution in [1.82, 2.24) is 5.32 Å². The van der Waals surface area contributed by atoms with Crippen molar-refractivity contribution in [3.8, 4) is 6.07 Å². The van der Waals surface area contributed by atoms with Crippen molar-refractivity contribution in [3.05, 3.63) is 0 Å². The van der Waals surface area contributed by atoms with Gasteiger partial charge in [0.05, 0.1) is 18.8 Å². The van der Waals surface area contributed by atoms with Crippen molar-refractivity contribution in [2.45, 2.75) is 44.2 Å². The molecule has 0 aliphatic heterocycles. The van der Waals surface area contributed by atoms with Crippen LogP contribution in [0.5, 0.6) is 0 Å². The number of likely N-dealkylation sites (N-methyl/N-ethyl adjacent to an activating group) is 1. The van der Waals surface area contributed by atoms with Gasteiger partial charge in [-0.15, -0.1) is 0 Å². The maximum absolute atomic E-state index is 8.66. The maximum Gasteiger partial charge on any atom is 0.119 e. The smallest absolute Gasteiger partial charge is 0.119 e. The van der Waals surface area contributed by atoms with E-state index in [9.17, 15) is 0 Å². The van der Waals surface area contributed by atoms with E-state index in [0.717, 1.165) is 0 Å². The van der Waals surface area contributed by atoms with E-state index in [-0.39, 0.29) is 6.04 Å². The third-order valence-electron chi connectivity index (χ3n) is 2.56. The molecule has 3 nitrogen and oxygen atoms in total. The third-order valence-corrected chi connectivity index (χ3v) is 2.56. The van der Waals surface area contributed by atoms with Gasteiger partial charge in [0.15, 0.2) is 0 Å². The summed E-state index contributed by atoms with van der Waals surface area (Å²) < 4.78 is 5.64. The van der Waals surface area contributed by atoms with Crippen molar-refractivity contribution in [2.75, 3.05) is 13.7 Å². The van der Waals surface area contributed by atoms with Gasteiger partial charge in [0.2, 0.25) is 0 Å². The van der Waals surface area contributed by atoms with Gasteiger partial charge in [-0.05, 0) is 19.9 Å². The van der Waals surface area contributed by atoms with Crippen LogP contribution in [0.15, 0.2) is 0 Å². The topological polar surface area (TPSA) is 45.0 Å². The Bertz CT molecular complexity index is 170. The highest BCUT2D eigenvalue weighted by Crippen LogP contribution is 2.20. The van der Waals surface area contributed by atoms with Crippen LogP contribution in [0.25, 0.3) is 0 Å². The second kappa shape index (κ2) is 5.95. The van der Waals surface area contributed by atoms with Gasteiger partial charge in [-0.2, -0.15) is 5.26 Å². The van der Waals surface area contributed by atoms with E-state index >= 15 is 0 Å². The van der Waals surface area contributed by atoms with E-state index in [0.29, 0.717) is 12.7 Å². The van der Waals surface area contributed by atoms with Crippen molar-refractivity contribution in [2.24, 2.45) is 0 Å². The lowest BCUT2D eigenvalue weighted by Gasteiger charge is -2.22. The average molecular weight is 182 g/mol. The van der Waals surface area contributed by atoms with E-state index in [4.69, 9.17) is 10.00 Å². The molecule has 1 unspecified atom stereocenters. The number of nitriles is 1. The Kier molecular flexibility index (Phi) is 4.81. The molecule has 74 valence electrons. The molecule has 0 amide bonds. The van der Waals surface area contributed by atoms with E-state index in [1.165, 1.54) is 32.1 Å². The fourth-order valence-corrected chi connectivity index (χ4v) is 1.65. The van der Waals surface area contributed by atoms with Gasteiger partial charge in [0.25, 0.3) is 0 Å². The SMILES string of the molecule is CNC(C#N)COC1CCCCC1. The van der Waals surface area contributed by atoms with Crippen LogP contribution < -0.4 is 5.32 Å². The first-order valence-corrected chi connectivity index (χ1v) is 5.05. The average Bonchev–Trinajstić information content (AvgIpc) is 2.21. The molecule has 0 spiro atoms. The Morgan fingerprint density at radius 3 is 2.69 bits per heavy atom. The first-order valence-electron chi connectivity index (χ1n) is 5.05. The van der Waals surface area contributed by atoms with Gasteiger partial charge in [-0.3, -0.25) is 0 Å². The Morgan fingerprint density at radius 1 is 1.46 bits per heavy atom. The molecule has 1 atom stereocenters. The summed E-state index contributed by atoms with van der Waals surface area (Å²) in [5.41, 5.74) is 0. The maximum atomic E-state index is 8.66. The first-order chi connectivity index (χ1) is 6.36. The molecule has 1 rings (SSSR count). The van der Waals surface area contributed by atoms with Gasteiger partial charge < -0.3 is 10.1 Å². The van der Waals surface area contributed by atoms with Crippen molar-refractivity contribution in [3.63, 3.8) is 0 Å². The summed E-state index contributed by atoms with van der Waals surface area (Å²) in [5.74, 6) is 0. The predicted molar refractivity (Wildman–Crippen MR) is 51.3 cm³/mol. The van der Waals surface area contributed by atoms with Crippen molar-refractivity contribution in [1.29, 1.82) is 5.26 Å². The molecular formula is C10H18N2O. The Labute approximate surface area is 80.1 Å². The zero-order valence-electron chi connectivity index (χ0n) is 8.25. The second-order valence-corrected chi connectivity index (χ2v) is 3.56. The minimum absolute atomic E-state index is 0.151. The summed E-state index contributed by atoms with van der Waals surface area (Å²) in [6, 6.07) is 2.00. The summed E-state index contributed by atoms with van der Waals surface area (Å²) >= 11 is 0. The molecule has 1 N–H and O–H groups in total. The predicted octanol–water partition coefficient (Wildman–Crippen LogP) is 1.45. The Hall–Kier alpha value is -0.590. The highest BCUT2D eigenvalue weighted by molar-refractivity contribution is 4.88. The monoisotopic (exact) mass is 182 g/mol. The van der Waals surface area contributed by atoms with Gasteiger partial charge in [-0.25, -0.2) is 0 Å². The third kappa shape index (κ3) is 3.75. The van der Waals surface area contributed by atoms with Crippen LogP contribution >= 0.6 is 0 Å². The molecule has 0 aromatic heterocycles. The molecule has 1 fully saturated rings. The van der Waals surface area contributed by atoms with Crippen molar-refractivity contribution < 1.29 is 4.74 Å². The van der Waals surface area contributed by atoms with Gasteiger partial charge in [0.1, 0.15) is 6.04 Å². The van der Waals surface area contributed by atoms with Gasteiger partial charge >= 0.3 is 0 Å². The molecule has 0 saturated heterocycles. The van der Waals surface area contributed by atoms with E-state index in [2.05, 4.69) is 11.4 Å². The van der Waals surface area contributed by atoms with Gasteiger partial charge in [0, 0.05) is 0 Å². The summed E-state index contributed by atoms with van der Waals surface area (Å²) in [4.78, 5) is 0. The fourth-order valence-electron chi connectivity index (χ4n) is 1.65. The molecule has 0 radical (unpaired) electrons. The van der Waals surface area contributed by atoms with E-state index in [1.807, 2.05) is 0 Å². The fraction of sp³-hybridized carbons (Fsp3) is 0.900. The molecule has 0 aromatic carbocycles. The van der Waals surface area contributed by atoms with Crippen molar-refractivity contribution >= 4 is 0 Å². The normalized spacial score (nSPS) is 20.9. The zero-order valence-corrected chi connectivity index (χ0v) is 8.25. The van der Waals surface area contributed by atoms with Crippen LogP contribution in [0, 0.1) is 11.3 Å². The highest BCUT2D eigenvalue weighted by atomic mass is 16.5. The number of nitrogens with zero attached hydrogens (tertiary/aromatic N) is 1. The van der Waals surface area contributed by atoms with E-state index < -0.39 is 0 Å². The molecule has 1 saturated carbocycles. The number of hydrogen-bond acceptors (Lipinski definition) is 3. The minimum atomic E-state index is -0.151. The quantitative estimate of drug-likeness (QED) is 0.715. The molecule has 13 heavy (non-hydrogen) atoms. The summed E-state index contributed by atoms with van der Waals surface area (Å²) in [6.07, 6.45) is 6.64. The van der Waals surface area contributed by atoms with Crippen LogP contribution in [-0.2, 0) is 4.74 Å².